The molecule has 1 aliphatic heterocycles. The molecule has 0 aliphatic carbocycles. The largest absolute Gasteiger partial charge is 0.491 e. The number of rotatable bonds is 1. The topological polar surface area (TPSA) is 42.4 Å². The van der Waals surface area contributed by atoms with Crippen LogP contribution in [-0.2, 0) is 6.54 Å². The van der Waals surface area contributed by atoms with E-state index in [2.05, 4.69) is 20.9 Å². The molecule has 3 rings (SSSR count). The van der Waals surface area contributed by atoms with Gasteiger partial charge >= 0.3 is 0 Å². The Morgan fingerprint density at radius 1 is 1.30 bits per heavy atom. The van der Waals surface area contributed by atoms with Gasteiger partial charge in [0.2, 0.25) is 0 Å². The summed E-state index contributed by atoms with van der Waals surface area (Å²) in [5.74, 6) is 0.828. The maximum atomic E-state index is 12.5. The minimum absolute atomic E-state index is 0.0286. The number of amides is 1. The predicted octanol–water partition coefficient (Wildman–Crippen LogP) is 2.88. The van der Waals surface area contributed by atoms with E-state index in [0.29, 0.717) is 25.3 Å². The van der Waals surface area contributed by atoms with Gasteiger partial charge in [-0.25, -0.2) is 0 Å². The summed E-state index contributed by atoms with van der Waals surface area (Å²) in [6.45, 7) is 1.63. The molecule has 2 aromatic rings. The van der Waals surface area contributed by atoms with Crippen molar-refractivity contribution in [3.63, 3.8) is 0 Å². The third-order valence-electron chi connectivity index (χ3n) is 3.19. The number of pyridine rings is 1. The van der Waals surface area contributed by atoms with Crippen LogP contribution in [0.5, 0.6) is 5.75 Å². The van der Waals surface area contributed by atoms with Gasteiger partial charge in [0.25, 0.3) is 5.91 Å². The zero-order valence-corrected chi connectivity index (χ0v) is 12.3. The fourth-order valence-electron chi connectivity index (χ4n) is 2.21. The van der Waals surface area contributed by atoms with Crippen LogP contribution in [0.25, 0.3) is 0 Å². The molecule has 1 aliphatic rings. The summed E-state index contributed by atoms with van der Waals surface area (Å²) in [5.41, 5.74) is 1.61. The van der Waals surface area contributed by atoms with Crippen molar-refractivity contribution < 1.29 is 9.53 Å². The average molecular weight is 333 g/mol. The Morgan fingerprint density at radius 2 is 2.15 bits per heavy atom. The van der Waals surface area contributed by atoms with E-state index in [1.54, 1.807) is 23.4 Å². The Hall–Kier alpha value is -1.88. The number of benzene rings is 1. The molecule has 1 amide bonds. The van der Waals surface area contributed by atoms with Gasteiger partial charge < -0.3 is 9.64 Å². The second-order valence-electron chi connectivity index (χ2n) is 4.57. The monoisotopic (exact) mass is 332 g/mol. The summed E-state index contributed by atoms with van der Waals surface area (Å²) in [6.07, 6.45) is 3.25. The first-order valence-corrected chi connectivity index (χ1v) is 7.14. The van der Waals surface area contributed by atoms with Crippen LogP contribution in [0.4, 0.5) is 0 Å². The molecule has 0 saturated carbocycles. The average Bonchev–Trinajstić information content (AvgIpc) is 2.68. The molecule has 4 nitrogen and oxygen atoms in total. The summed E-state index contributed by atoms with van der Waals surface area (Å²) in [6, 6.07) is 9.60. The van der Waals surface area contributed by atoms with E-state index < -0.39 is 0 Å². The predicted molar refractivity (Wildman–Crippen MR) is 78.6 cm³/mol. The van der Waals surface area contributed by atoms with Crippen molar-refractivity contribution in [2.75, 3.05) is 13.2 Å². The van der Waals surface area contributed by atoms with Crippen molar-refractivity contribution in [1.29, 1.82) is 0 Å². The normalized spacial score (nSPS) is 14.2. The molecule has 1 aromatic carbocycles. The maximum Gasteiger partial charge on any atom is 0.255 e. The first-order valence-electron chi connectivity index (χ1n) is 6.34. The fraction of sp³-hybridized carbons (Fsp3) is 0.200. The number of hydrogen-bond donors (Lipinski definition) is 0. The van der Waals surface area contributed by atoms with Gasteiger partial charge in [-0.3, -0.25) is 9.78 Å². The molecule has 0 radical (unpaired) electrons. The Kier molecular flexibility index (Phi) is 3.69. The molecule has 0 bridgehead atoms. The number of ether oxygens (including phenoxy) is 1. The number of para-hydroxylation sites is 1. The number of aromatic nitrogens is 1. The fourth-order valence-corrected chi connectivity index (χ4v) is 2.58. The van der Waals surface area contributed by atoms with Crippen LogP contribution in [-0.4, -0.2) is 28.9 Å². The van der Waals surface area contributed by atoms with Crippen LogP contribution in [0.3, 0.4) is 0 Å². The van der Waals surface area contributed by atoms with Crippen molar-refractivity contribution in [1.82, 2.24) is 9.88 Å². The second-order valence-corrected chi connectivity index (χ2v) is 5.49. The first-order chi connectivity index (χ1) is 9.74. The quantitative estimate of drug-likeness (QED) is 0.806. The number of carbonyl (C=O) groups is 1. The van der Waals surface area contributed by atoms with E-state index in [4.69, 9.17) is 4.74 Å². The van der Waals surface area contributed by atoms with E-state index >= 15 is 0 Å². The lowest BCUT2D eigenvalue weighted by Gasteiger charge is -2.19. The van der Waals surface area contributed by atoms with Crippen molar-refractivity contribution in [2.24, 2.45) is 0 Å². The molecule has 5 heteroatoms. The van der Waals surface area contributed by atoms with E-state index in [1.807, 2.05) is 24.3 Å². The number of fused-ring (bicyclic) bond motifs is 1. The van der Waals surface area contributed by atoms with Gasteiger partial charge in [-0.15, -0.1) is 0 Å². The van der Waals surface area contributed by atoms with Crippen molar-refractivity contribution >= 4 is 21.8 Å². The third kappa shape index (κ3) is 2.67. The lowest BCUT2D eigenvalue weighted by atomic mass is 10.1. The van der Waals surface area contributed by atoms with Crippen LogP contribution in [0.2, 0.25) is 0 Å². The van der Waals surface area contributed by atoms with Crippen LogP contribution in [0.1, 0.15) is 15.9 Å². The van der Waals surface area contributed by atoms with Crippen LogP contribution in [0.15, 0.2) is 47.2 Å². The Bertz CT molecular complexity index is 645. The maximum absolute atomic E-state index is 12.5. The Labute approximate surface area is 125 Å². The smallest absolute Gasteiger partial charge is 0.255 e. The highest BCUT2D eigenvalue weighted by molar-refractivity contribution is 9.10. The molecule has 2 heterocycles. The molecule has 0 saturated heterocycles. The van der Waals surface area contributed by atoms with Crippen molar-refractivity contribution in [2.45, 2.75) is 6.54 Å². The molecule has 0 N–H and O–H groups in total. The van der Waals surface area contributed by atoms with Crippen LogP contribution < -0.4 is 4.74 Å². The number of nitrogens with zero attached hydrogens (tertiary/aromatic N) is 2. The van der Waals surface area contributed by atoms with Gasteiger partial charge in [0.1, 0.15) is 12.4 Å². The van der Waals surface area contributed by atoms with E-state index in [0.717, 1.165) is 15.8 Å². The zero-order valence-electron chi connectivity index (χ0n) is 10.8. The molecule has 20 heavy (non-hydrogen) atoms. The van der Waals surface area contributed by atoms with E-state index in [-0.39, 0.29) is 5.91 Å². The number of halogens is 1. The molecule has 0 spiro atoms. The molecule has 0 atom stereocenters. The van der Waals surface area contributed by atoms with Gasteiger partial charge in [0, 0.05) is 29.0 Å². The summed E-state index contributed by atoms with van der Waals surface area (Å²) >= 11 is 3.34. The lowest BCUT2D eigenvalue weighted by Crippen LogP contribution is -2.32. The minimum atomic E-state index is -0.0286. The van der Waals surface area contributed by atoms with Crippen molar-refractivity contribution in [3.05, 3.63) is 58.3 Å². The molecular formula is C15H13BrN2O2. The highest BCUT2D eigenvalue weighted by atomic mass is 79.9. The highest BCUT2D eigenvalue weighted by Gasteiger charge is 2.21. The number of hydrogen-bond acceptors (Lipinski definition) is 3. The third-order valence-corrected chi connectivity index (χ3v) is 3.63. The Morgan fingerprint density at radius 3 is 3.00 bits per heavy atom. The zero-order chi connectivity index (χ0) is 13.9. The first kappa shape index (κ1) is 13.1. The highest BCUT2D eigenvalue weighted by Crippen LogP contribution is 2.23. The Balaban J connectivity index is 1.86. The molecule has 0 fully saturated rings. The van der Waals surface area contributed by atoms with Crippen LogP contribution >= 0.6 is 15.9 Å². The standard InChI is InChI=1S/C15H13BrN2O2/c16-13-7-12(8-17-9-13)15(19)18-5-6-20-14-4-2-1-3-11(14)10-18/h1-4,7-9H,5-6,10H2. The van der Waals surface area contributed by atoms with E-state index in [1.165, 1.54) is 0 Å². The van der Waals surface area contributed by atoms with Crippen molar-refractivity contribution in [3.8, 4) is 5.75 Å². The molecule has 0 unspecified atom stereocenters. The summed E-state index contributed by atoms with van der Waals surface area (Å²) in [5, 5.41) is 0. The second kappa shape index (κ2) is 5.63. The summed E-state index contributed by atoms with van der Waals surface area (Å²) in [7, 11) is 0. The van der Waals surface area contributed by atoms with Gasteiger partial charge in [-0.2, -0.15) is 0 Å². The molecule has 1 aromatic heterocycles. The van der Waals surface area contributed by atoms with Gasteiger partial charge in [0.15, 0.2) is 0 Å². The van der Waals surface area contributed by atoms with E-state index in [9.17, 15) is 4.79 Å². The van der Waals surface area contributed by atoms with Gasteiger partial charge in [0.05, 0.1) is 12.1 Å². The van der Waals surface area contributed by atoms with Gasteiger partial charge in [-0.05, 0) is 28.1 Å². The SMILES string of the molecule is O=C(c1cncc(Br)c1)N1CCOc2ccccc2C1. The minimum Gasteiger partial charge on any atom is -0.491 e. The molecule has 102 valence electrons. The summed E-state index contributed by atoms with van der Waals surface area (Å²) in [4.78, 5) is 18.4. The molecular weight excluding hydrogens is 320 g/mol. The lowest BCUT2D eigenvalue weighted by molar-refractivity contribution is 0.0732. The van der Waals surface area contributed by atoms with Gasteiger partial charge in [-0.1, -0.05) is 18.2 Å². The van der Waals surface area contributed by atoms with Crippen LogP contribution in [0, 0.1) is 0 Å². The summed E-state index contributed by atoms with van der Waals surface area (Å²) < 4.78 is 6.47. The number of carbonyl (C=O) groups excluding carboxylic acids is 1.